The van der Waals surface area contributed by atoms with E-state index in [2.05, 4.69) is 0 Å². The Morgan fingerprint density at radius 3 is 2.41 bits per heavy atom. The number of amides is 1. The maximum absolute atomic E-state index is 12.5. The molecule has 1 aliphatic heterocycles. The summed E-state index contributed by atoms with van der Waals surface area (Å²) >= 11 is 0. The molecule has 0 spiro atoms. The molecule has 7 nitrogen and oxygen atoms in total. The van der Waals surface area contributed by atoms with Gasteiger partial charge in [0.15, 0.2) is 0 Å². The van der Waals surface area contributed by atoms with Gasteiger partial charge in [0.1, 0.15) is 16.2 Å². The van der Waals surface area contributed by atoms with Crippen molar-refractivity contribution in [3.63, 3.8) is 0 Å². The molecule has 0 unspecified atom stereocenters. The van der Waals surface area contributed by atoms with E-state index in [0.29, 0.717) is 24.0 Å². The van der Waals surface area contributed by atoms with Gasteiger partial charge in [-0.3, -0.25) is 4.79 Å². The summed E-state index contributed by atoms with van der Waals surface area (Å²) in [7, 11) is -4.07. The minimum Gasteiger partial charge on any atom is -0.423 e. The van der Waals surface area contributed by atoms with Crippen molar-refractivity contribution in [1.29, 1.82) is 0 Å². The predicted octanol–water partition coefficient (Wildman–Crippen LogP) is 2.69. The third-order valence-electron chi connectivity index (χ3n) is 4.31. The van der Waals surface area contributed by atoms with Crippen molar-refractivity contribution in [2.24, 2.45) is 0 Å². The fraction of sp³-hybridized carbons (Fsp3) is 0.158. The summed E-state index contributed by atoms with van der Waals surface area (Å²) in [5, 5.41) is 0.652. The van der Waals surface area contributed by atoms with Gasteiger partial charge in [0.2, 0.25) is 5.91 Å². The molecule has 0 aliphatic carbocycles. The molecule has 1 saturated heterocycles. The topological polar surface area (TPSA) is 93.9 Å². The van der Waals surface area contributed by atoms with Crippen LogP contribution in [0.1, 0.15) is 12.8 Å². The van der Waals surface area contributed by atoms with Crippen LogP contribution in [0.5, 0.6) is 5.75 Å². The van der Waals surface area contributed by atoms with Crippen LogP contribution in [-0.2, 0) is 14.9 Å². The smallest absolute Gasteiger partial charge is 0.339 e. The van der Waals surface area contributed by atoms with Crippen molar-refractivity contribution in [3.8, 4) is 5.75 Å². The minimum atomic E-state index is -4.07. The summed E-state index contributed by atoms with van der Waals surface area (Å²) in [6.07, 6.45) is 1.29. The average molecular weight is 385 g/mol. The van der Waals surface area contributed by atoms with Gasteiger partial charge in [-0.25, -0.2) is 4.79 Å². The van der Waals surface area contributed by atoms with E-state index < -0.39 is 15.7 Å². The highest BCUT2D eigenvalue weighted by atomic mass is 32.2. The second-order valence-electron chi connectivity index (χ2n) is 6.13. The molecule has 27 heavy (non-hydrogen) atoms. The van der Waals surface area contributed by atoms with Gasteiger partial charge in [-0.15, -0.1) is 0 Å². The first-order valence-corrected chi connectivity index (χ1v) is 9.72. The molecule has 1 aromatic heterocycles. The molecule has 0 N–H and O–H groups in total. The highest BCUT2D eigenvalue weighted by Crippen LogP contribution is 2.26. The van der Waals surface area contributed by atoms with Gasteiger partial charge in [0.25, 0.3) is 0 Å². The molecule has 1 aliphatic rings. The van der Waals surface area contributed by atoms with Gasteiger partial charge in [-0.2, -0.15) is 8.42 Å². The number of nitrogens with zero attached hydrogens (tertiary/aromatic N) is 1. The molecule has 1 fully saturated rings. The van der Waals surface area contributed by atoms with Crippen molar-refractivity contribution in [2.75, 3.05) is 11.4 Å². The zero-order chi connectivity index (χ0) is 19.0. The van der Waals surface area contributed by atoms with Crippen LogP contribution in [0.4, 0.5) is 5.69 Å². The van der Waals surface area contributed by atoms with Crippen LogP contribution in [0.15, 0.2) is 68.7 Å². The highest BCUT2D eigenvalue weighted by molar-refractivity contribution is 7.87. The van der Waals surface area contributed by atoms with Gasteiger partial charge < -0.3 is 13.5 Å². The Labute approximate surface area is 154 Å². The summed E-state index contributed by atoms with van der Waals surface area (Å²) in [6.45, 7) is 0.629. The predicted molar refractivity (Wildman–Crippen MR) is 98.3 cm³/mol. The van der Waals surface area contributed by atoms with Crippen molar-refractivity contribution in [3.05, 3.63) is 65.0 Å². The van der Waals surface area contributed by atoms with E-state index in [9.17, 15) is 18.0 Å². The second kappa shape index (κ2) is 6.55. The molecule has 4 rings (SSSR count). The average Bonchev–Trinajstić information content (AvgIpc) is 3.07. The van der Waals surface area contributed by atoms with Gasteiger partial charge in [-0.1, -0.05) is 0 Å². The van der Waals surface area contributed by atoms with E-state index >= 15 is 0 Å². The first-order valence-electron chi connectivity index (χ1n) is 8.31. The summed E-state index contributed by atoms with van der Waals surface area (Å²) in [6, 6.07) is 13.3. The zero-order valence-corrected chi connectivity index (χ0v) is 14.9. The van der Waals surface area contributed by atoms with E-state index in [4.69, 9.17) is 8.60 Å². The Hall–Kier alpha value is -3.13. The van der Waals surface area contributed by atoms with Crippen molar-refractivity contribution in [2.45, 2.75) is 17.7 Å². The molecule has 1 amide bonds. The van der Waals surface area contributed by atoms with Gasteiger partial charge in [0.05, 0.1) is 0 Å². The van der Waals surface area contributed by atoms with E-state index in [1.807, 2.05) is 0 Å². The quantitative estimate of drug-likeness (QED) is 0.506. The van der Waals surface area contributed by atoms with Crippen LogP contribution < -0.4 is 14.7 Å². The normalized spacial score (nSPS) is 14.7. The molecular weight excluding hydrogens is 370 g/mol. The van der Waals surface area contributed by atoms with Gasteiger partial charge in [-0.05, 0) is 48.9 Å². The fourth-order valence-corrected chi connectivity index (χ4v) is 3.90. The minimum absolute atomic E-state index is 0.0273. The maximum Gasteiger partial charge on any atom is 0.339 e. The standard InChI is InChI=1S/C19H15NO6S/c21-18-2-1-11-20(18)14-5-8-16(9-6-14)27(23,24)26-15-7-3-13-4-10-19(22)25-17(13)12-15/h3-10,12H,1-2,11H2. The summed E-state index contributed by atoms with van der Waals surface area (Å²) < 4.78 is 35.2. The van der Waals surface area contributed by atoms with Crippen LogP contribution in [0.2, 0.25) is 0 Å². The molecule has 0 atom stereocenters. The molecule has 2 aromatic carbocycles. The number of anilines is 1. The third-order valence-corrected chi connectivity index (χ3v) is 5.57. The SMILES string of the molecule is O=C1CCCN1c1ccc(S(=O)(=O)Oc2ccc3ccc(=O)oc3c2)cc1. The first-order chi connectivity index (χ1) is 12.9. The number of hydrogen-bond acceptors (Lipinski definition) is 6. The first kappa shape index (κ1) is 17.3. The number of carbonyl (C=O) groups excluding carboxylic acids is 1. The Morgan fingerprint density at radius 2 is 1.70 bits per heavy atom. The lowest BCUT2D eigenvalue weighted by atomic mass is 10.2. The van der Waals surface area contributed by atoms with Gasteiger partial charge in [0, 0.05) is 36.2 Å². The van der Waals surface area contributed by atoms with Crippen molar-refractivity contribution < 1.29 is 21.8 Å². The number of hydrogen-bond donors (Lipinski definition) is 0. The molecule has 0 saturated carbocycles. The molecule has 2 heterocycles. The molecule has 0 radical (unpaired) electrons. The second-order valence-corrected chi connectivity index (χ2v) is 7.68. The van der Waals surface area contributed by atoms with Crippen LogP contribution in [0.25, 0.3) is 11.0 Å². The van der Waals surface area contributed by atoms with E-state index in [1.165, 1.54) is 30.3 Å². The Balaban J connectivity index is 1.59. The Morgan fingerprint density at radius 1 is 0.963 bits per heavy atom. The number of benzene rings is 2. The lowest BCUT2D eigenvalue weighted by Gasteiger charge is -2.16. The summed E-state index contributed by atoms with van der Waals surface area (Å²) in [4.78, 5) is 24.7. The summed E-state index contributed by atoms with van der Waals surface area (Å²) in [5.74, 6) is 0.0650. The van der Waals surface area contributed by atoms with Crippen LogP contribution in [0, 0.1) is 0 Å². The molecule has 0 bridgehead atoms. The van der Waals surface area contributed by atoms with E-state index in [0.717, 1.165) is 6.42 Å². The van der Waals surface area contributed by atoms with Crippen molar-refractivity contribution >= 4 is 32.7 Å². The monoisotopic (exact) mass is 385 g/mol. The third kappa shape index (κ3) is 3.43. The largest absolute Gasteiger partial charge is 0.423 e. The molecule has 138 valence electrons. The van der Waals surface area contributed by atoms with Crippen molar-refractivity contribution in [1.82, 2.24) is 0 Å². The Bertz CT molecular complexity index is 1180. The zero-order valence-electron chi connectivity index (χ0n) is 14.1. The molecule has 3 aromatic rings. The van der Waals surface area contributed by atoms with Gasteiger partial charge >= 0.3 is 15.7 Å². The van der Waals surface area contributed by atoms with Crippen LogP contribution in [-0.4, -0.2) is 20.9 Å². The summed E-state index contributed by atoms with van der Waals surface area (Å²) in [5.41, 5.74) is 0.358. The number of fused-ring (bicyclic) bond motifs is 1. The fourth-order valence-electron chi connectivity index (χ4n) is 2.98. The molecule has 8 heteroatoms. The van der Waals surface area contributed by atoms with E-state index in [1.54, 1.807) is 29.2 Å². The molecular formula is C19H15NO6S. The van der Waals surface area contributed by atoms with E-state index in [-0.39, 0.29) is 22.1 Å². The lowest BCUT2D eigenvalue weighted by Crippen LogP contribution is -2.23. The number of carbonyl (C=O) groups is 1. The Kier molecular flexibility index (Phi) is 4.19. The maximum atomic E-state index is 12.5. The lowest BCUT2D eigenvalue weighted by molar-refractivity contribution is -0.117. The highest BCUT2D eigenvalue weighted by Gasteiger charge is 2.23. The van der Waals surface area contributed by atoms with Crippen LogP contribution in [0.3, 0.4) is 0 Å². The van der Waals surface area contributed by atoms with Crippen LogP contribution >= 0.6 is 0 Å². The number of rotatable bonds is 4.